The van der Waals surface area contributed by atoms with E-state index in [-0.39, 0.29) is 17.9 Å². The number of urea groups is 1. The number of hydrogen-bond acceptors (Lipinski definition) is 4. The number of nitrogens with zero attached hydrogens (tertiary/aromatic N) is 1. The number of carbonyl (C=O) groups is 2. The van der Waals surface area contributed by atoms with E-state index in [1.165, 1.54) is 0 Å². The first-order valence-corrected chi connectivity index (χ1v) is 9.68. The summed E-state index contributed by atoms with van der Waals surface area (Å²) >= 11 is 0. The lowest BCUT2D eigenvalue weighted by atomic mass is 9.96. The number of imide groups is 1. The van der Waals surface area contributed by atoms with Gasteiger partial charge in [0.05, 0.1) is 6.61 Å². The Kier molecular flexibility index (Phi) is 8.96. The highest BCUT2D eigenvalue weighted by Crippen LogP contribution is 2.17. The van der Waals surface area contributed by atoms with Gasteiger partial charge in [0.15, 0.2) is 0 Å². The number of benzene rings is 1. The topological polar surface area (TPSA) is 70.7 Å². The summed E-state index contributed by atoms with van der Waals surface area (Å²) in [6.45, 7) is 6.12. The number of hydrogen-bond donors (Lipinski definition) is 2. The van der Waals surface area contributed by atoms with Crippen LogP contribution in [-0.2, 0) is 4.79 Å². The zero-order chi connectivity index (χ0) is 18.6. The Hall–Kier alpha value is -2.08. The molecule has 1 aromatic carbocycles. The molecule has 2 rings (SSSR count). The van der Waals surface area contributed by atoms with E-state index in [4.69, 9.17) is 4.74 Å². The molecule has 0 atom stereocenters. The molecule has 1 aliphatic rings. The van der Waals surface area contributed by atoms with Crippen molar-refractivity contribution in [3.8, 4) is 5.75 Å². The van der Waals surface area contributed by atoms with Gasteiger partial charge < -0.3 is 15.0 Å². The number of amides is 3. The zero-order valence-corrected chi connectivity index (χ0v) is 15.7. The van der Waals surface area contributed by atoms with E-state index in [2.05, 4.69) is 22.5 Å². The third-order valence-corrected chi connectivity index (χ3v) is 4.64. The number of unbranched alkanes of at least 4 members (excludes halogenated alkanes) is 1. The predicted octanol–water partition coefficient (Wildman–Crippen LogP) is 2.79. The molecule has 6 heteroatoms. The highest BCUT2D eigenvalue weighted by molar-refractivity contribution is 5.95. The standard InChI is InChI=1S/C20H31N3O3/c1-2-3-12-21-20(25)22-19(24)17-10-14-23(15-11-17)13-7-16-26-18-8-5-4-6-9-18/h4-6,8-9,17H,2-3,7,10-16H2,1H3,(H2,21,22,24,25). The normalized spacial score (nSPS) is 15.4. The molecule has 26 heavy (non-hydrogen) atoms. The first-order chi connectivity index (χ1) is 12.7. The Morgan fingerprint density at radius 2 is 1.88 bits per heavy atom. The number of piperidine rings is 1. The van der Waals surface area contributed by atoms with Crippen molar-refractivity contribution in [3.63, 3.8) is 0 Å². The quantitative estimate of drug-likeness (QED) is 0.664. The number of rotatable bonds is 9. The number of carbonyl (C=O) groups excluding carboxylic acids is 2. The van der Waals surface area contributed by atoms with Gasteiger partial charge >= 0.3 is 6.03 Å². The van der Waals surface area contributed by atoms with Crippen LogP contribution in [0.5, 0.6) is 5.75 Å². The summed E-state index contributed by atoms with van der Waals surface area (Å²) in [4.78, 5) is 26.2. The van der Waals surface area contributed by atoms with E-state index in [0.717, 1.165) is 57.5 Å². The van der Waals surface area contributed by atoms with Gasteiger partial charge in [0, 0.05) is 19.0 Å². The molecule has 0 aromatic heterocycles. The van der Waals surface area contributed by atoms with Gasteiger partial charge in [0.1, 0.15) is 5.75 Å². The summed E-state index contributed by atoms with van der Waals surface area (Å²) in [6.07, 6.45) is 4.50. The Bertz CT molecular complexity index is 542. The molecule has 1 fully saturated rings. The molecular weight excluding hydrogens is 330 g/mol. The molecular formula is C20H31N3O3. The number of para-hydroxylation sites is 1. The molecule has 1 heterocycles. The Balaban J connectivity index is 1.56. The summed E-state index contributed by atoms with van der Waals surface area (Å²) < 4.78 is 5.71. The highest BCUT2D eigenvalue weighted by atomic mass is 16.5. The second kappa shape index (κ2) is 11.5. The van der Waals surface area contributed by atoms with Crippen molar-refractivity contribution in [3.05, 3.63) is 30.3 Å². The maximum Gasteiger partial charge on any atom is 0.321 e. The Labute approximate surface area is 156 Å². The number of ether oxygens (including phenoxy) is 1. The minimum atomic E-state index is -0.371. The van der Waals surface area contributed by atoms with E-state index in [1.54, 1.807) is 0 Å². The largest absolute Gasteiger partial charge is 0.494 e. The molecule has 1 saturated heterocycles. The molecule has 2 N–H and O–H groups in total. The second-order valence-corrected chi connectivity index (χ2v) is 6.73. The van der Waals surface area contributed by atoms with Crippen LogP contribution in [0.15, 0.2) is 30.3 Å². The van der Waals surface area contributed by atoms with Crippen LogP contribution < -0.4 is 15.4 Å². The maximum atomic E-state index is 12.2. The van der Waals surface area contributed by atoms with Gasteiger partial charge in [-0.25, -0.2) is 4.79 Å². The predicted molar refractivity (Wildman–Crippen MR) is 102 cm³/mol. The molecule has 0 saturated carbocycles. The molecule has 0 unspecified atom stereocenters. The maximum absolute atomic E-state index is 12.2. The van der Waals surface area contributed by atoms with Crippen LogP contribution in [0.1, 0.15) is 39.0 Å². The Morgan fingerprint density at radius 1 is 1.15 bits per heavy atom. The van der Waals surface area contributed by atoms with Gasteiger partial charge in [0.25, 0.3) is 0 Å². The van der Waals surface area contributed by atoms with Gasteiger partial charge in [0.2, 0.25) is 5.91 Å². The smallest absolute Gasteiger partial charge is 0.321 e. The lowest BCUT2D eigenvalue weighted by Crippen LogP contribution is -2.46. The van der Waals surface area contributed by atoms with Crippen molar-refractivity contribution in [2.75, 3.05) is 32.8 Å². The fourth-order valence-corrected chi connectivity index (χ4v) is 3.05. The fraction of sp³-hybridized carbons (Fsp3) is 0.600. The van der Waals surface area contributed by atoms with E-state index >= 15 is 0 Å². The minimum Gasteiger partial charge on any atom is -0.494 e. The summed E-state index contributed by atoms with van der Waals surface area (Å²) in [5.74, 6) is 0.690. The van der Waals surface area contributed by atoms with Crippen LogP contribution >= 0.6 is 0 Å². The molecule has 144 valence electrons. The summed E-state index contributed by atoms with van der Waals surface area (Å²) in [6, 6.07) is 9.46. The summed E-state index contributed by atoms with van der Waals surface area (Å²) in [5.41, 5.74) is 0. The third kappa shape index (κ3) is 7.44. The van der Waals surface area contributed by atoms with Crippen molar-refractivity contribution in [2.24, 2.45) is 5.92 Å². The van der Waals surface area contributed by atoms with Crippen molar-refractivity contribution >= 4 is 11.9 Å². The van der Waals surface area contributed by atoms with Crippen molar-refractivity contribution < 1.29 is 14.3 Å². The van der Waals surface area contributed by atoms with Crippen molar-refractivity contribution in [1.29, 1.82) is 0 Å². The van der Waals surface area contributed by atoms with Gasteiger partial charge in [-0.3, -0.25) is 10.1 Å². The zero-order valence-electron chi connectivity index (χ0n) is 15.7. The average molecular weight is 361 g/mol. The van der Waals surface area contributed by atoms with Crippen LogP contribution in [0.2, 0.25) is 0 Å². The van der Waals surface area contributed by atoms with Gasteiger partial charge in [-0.2, -0.15) is 0 Å². The third-order valence-electron chi connectivity index (χ3n) is 4.64. The van der Waals surface area contributed by atoms with Crippen LogP contribution in [0.25, 0.3) is 0 Å². The lowest BCUT2D eigenvalue weighted by Gasteiger charge is -2.31. The molecule has 0 spiro atoms. The lowest BCUT2D eigenvalue weighted by molar-refractivity contribution is -0.125. The number of likely N-dealkylation sites (tertiary alicyclic amines) is 1. The van der Waals surface area contributed by atoms with E-state index < -0.39 is 0 Å². The van der Waals surface area contributed by atoms with E-state index in [0.29, 0.717) is 13.2 Å². The molecule has 0 radical (unpaired) electrons. The van der Waals surface area contributed by atoms with Gasteiger partial charge in [-0.1, -0.05) is 31.5 Å². The summed E-state index contributed by atoms with van der Waals surface area (Å²) in [7, 11) is 0. The van der Waals surface area contributed by atoms with Crippen molar-refractivity contribution in [1.82, 2.24) is 15.5 Å². The van der Waals surface area contributed by atoms with E-state index in [1.807, 2.05) is 30.3 Å². The van der Waals surface area contributed by atoms with Crippen LogP contribution in [0.4, 0.5) is 4.79 Å². The van der Waals surface area contributed by atoms with E-state index in [9.17, 15) is 9.59 Å². The van der Waals surface area contributed by atoms with Crippen LogP contribution in [-0.4, -0.2) is 49.6 Å². The van der Waals surface area contributed by atoms with Gasteiger partial charge in [-0.05, 0) is 50.9 Å². The van der Waals surface area contributed by atoms with Crippen LogP contribution in [0.3, 0.4) is 0 Å². The average Bonchev–Trinajstić information content (AvgIpc) is 2.67. The van der Waals surface area contributed by atoms with Gasteiger partial charge in [-0.15, -0.1) is 0 Å². The first-order valence-electron chi connectivity index (χ1n) is 9.68. The molecule has 6 nitrogen and oxygen atoms in total. The molecule has 1 aliphatic heterocycles. The number of nitrogens with one attached hydrogen (secondary N) is 2. The molecule has 1 aromatic rings. The van der Waals surface area contributed by atoms with Crippen LogP contribution in [0, 0.1) is 5.92 Å². The fourth-order valence-electron chi connectivity index (χ4n) is 3.05. The molecule has 3 amide bonds. The Morgan fingerprint density at radius 3 is 2.58 bits per heavy atom. The second-order valence-electron chi connectivity index (χ2n) is 6.73. The summed E-state index contributed by atoms with van der Waals surface area (Å²) in [5, 5.41) is 5.18. The minimum absolute atomic E-state index is 0.0660. The molecule has 0 aliphatic carbocycles. The first kappa shape index (κ1) is 20.2. The molecule has 0 bridgehead atoms. The SMILES string of the molecule is CCCCNC(=O)NC(=O)C1CCN(CCCOc2ccccc2)CC1. The monoisotopic (exact) mass is 361 g/mol. The van der Waals surface area contributed by atoms with Crippen molar-refractivity contribution in [2.45, 2.75) is 39.0 Å². The highest BCUT2D eigenvalue weighted by Gasteiger charge is 2.25.